The topological polar surface area (TPSA) is 57.9 Å². The maximum Gasteiger partial charge on any atom is 0.150 e. The van der Waals surface area contributed by atoms with Crippen molar-refractivity contribution in [3.05, 3.63) is 0 Å². The SMILES string of the molecule is CCS(=O)(=O)CC1CC2(CC(CSC#N)C2)C1. The first-order chi connectivity index (χ1) is 7.99. The lowest BCUT2D eigenvalue weighted by molar-refractivity contribution is -0.0519. The fraction of sp³-hybridized carbons (Fsp3) is 0.917. The molecule has 0 aromatic heterocycles. The van der Waals surface area contributed by atoms with E-state index in [9.17, 15) is 8.42 Å². The summed E-state index contributed by atoms with van der Waals surface area (Å²) in [7, 11) is -2.79. The van der Waals surface area contributed by atoms with Crippen LogP contribution in [0.15, 0.2) is 0 Å². The summed E-state index contributed by atoms with van der Waals surface area (Å²) < 4.78 is 23.0. The molecular formula is C12H19NO2S2. The molecule has 0 aliphatic heterocycles. The molecule has 2 aliphatic rings. The third kappa shape index (κ3) is 2.97. The molecule has 96 valence electrons. The van der Waals surface area contributed by atoms with Crippen molar-refractivity contribution < 1.29 is 8.42 Å². The number of thiocyanates is 1. The van der Waals surface area contributed by atoms with E-state index in [-0.39, 0.29) is 5.75 Å². The van der Waals surface area contributed by atoms with E-state index in [1.165, 1.54) is 24.6 Å². The van der Waals surface area contributed by atoms with Gasteiger partial charge in [-0.15, -0.1) is 0 Å². The molecule has 1 spiro atoms. The summed E-state index contributed by atoms with van der Waals surface area (Å²) in [5.74, 6) is 2.73. The average molecular weight is 273 g/mol. The summed E-state index contributed by atoms with van der Waals surface area (Å²) in [5, 5.41) is 10.6. The van der Waals surface area contributed by atoms with Gasteiger partial charge in [-0.1, -0.05) is 6.92 Å². The minimum absolute atomic E-state index is 0.276. The Balaban J connectivity index is 1.69. The molecule has 0 N–H and O–H groups in total. The van der Waals surface area contributed by atoms with E-state index in [1.807, 2.05) is 0 Å². The van der Waals surface area contributed by atoms with Gasteiger partial charge in [0, 0.05) is 11.5 Å². The molecule has 2 fully saturated rings. The first-order valence-corrected chi connectivity index (χ1v) is 9.00. The summed E-state index contributed by atoms with van der Waals surface area (Å²) in [6.45, 7) is 1.72. The molecule has 0 saturated heterocycles. The molecule has 2 aliphatic carbocycles. The molecule has 0 amide bonds. The van der Waals surface area contributed by atoms with Gasteiger partial charge in [-0.2, -0.15) is 5.26 Å². The second-order valence-corrected chi connectivity index (χ2v) is 8.85. The molecule has 0 radical (unpaired) electrons. The summed E-state index contributed by atoms with van der Waals surface area (Å²) in [4.78, 5) is 0. The third-order valence-electron chi connectivity index (χ3n) is 4.20. The highest BCUT2D eigenvalue weighted by Gasteiger charge is 2.52. The van der Waals surface area contributed by atoms with Gasteiger partial charge >= 0.3 is 0 Å². The second kappa shape index (κ2) is 4.81. The van der Waals surface area contributed by atoms with Crippen molar-refractivity contribution in [1.29, 1.82) is 5.26 Å². The van der Waals surface area contributed by atoms with Crippen LogP contribution in [-0.2, 0) is 9.84 Å². The van der Waals surface area contributed by atoms with Crippen molar-refractivity contribution in [3.8, 4) is 5.40 Å². The number of nitrogens with zero attached hydrogens (tertiary/aromatic N) is 1. The second-order valence-electron chi connectivity index (χ2n) is 5.65. The van der Waals surface area contributed by atoms with Crippen molar-refractivity contribution in [2.45, 2.75) is 32.6 Å². The predicted molar refractivity (Wildman–Crippen MR) is 70.3 cm³/mol. The molecule has 0 unspecified atom stereocenters. The van der Waals surface area contributed by atoms with Crippen molar-refractivity contribution >= 4 is 21.6 Å². The third-order valence-corrected chi connectivity index (χ3v) is 6.83. The van der Waals surface area contributed by atoms with E-state index in [2.05, 4.69) is 5.40 Å². The van der Waals surface area contributed by atoms with Crippen LogP contribution in [0.2, 0.25) is 0 Å². The summed E-state index contributed by atoms with van der Waals surface area (Å²) >= 11 is 1.35. The van der Waals surface area contributed by atoms with Crippen LogP contribution in [0, 0.1) is 27.9 Å². The van der Waals surface area contributed by atoms with Crippen LogP contribution in [0.4, 0.5) is 0 Å². The molecule has 2 rings (SSSR count). The number of hydrogen-bond acceptors (Lipinski definition) is 4. The van der Waals surface area contributed by atoms with Crippen molar-refractivity contribution in [2.24, 2.45) is 17.3 Å². The van der Waals surface area contributed by atoms with E-state index in [0.717, 1.165) is 18.6 Å². The lowest BCUT2D eigenvalue weighted by atomic mass is 9.49. The molecule has 0 heterocycles. The Labute approximate surface area is 108 Å². The molecule has 0 aromatic rings. The quantitative estimate of drug-likeness (QED) is 0.722. The lowest BCUT2D eigenvalue weighted by Gasteiger charge is -2.58. The van der Waals surface area contributed by atoms with Crippen molar-refractivity contribution in [1.82, 2.24) is 0 Å². The Hall–Kier alpha value is -0.210. The normalized spacial score (nSPS) is 36.0. The number of rotatable bonds is 5. The Morgan fingerprint density at radius 3 is 2.41 bits per heavy atom. The van der Waals surface area contributed by atoms with Crippen molar-refractivity contribution in [3.63, 3.8) is 0 Å². The monoisotopic (exact) mass is 273 g/mol. The van der Waals surface area contributed by atoms with Crippen LogP contribution in [0.25, 0.3) is 0 Å². The maximum atomic E-state index is 11.5. The Morgan fingerprint density at radius 2 is 1.88 bits per heavy atom. The minimum atomic E-state index is -2.79. The fourth-order valence-corrected chi connectivity index (χ4v) is 5.27. The first kappa shape index (κ1) is 13.2. The molecule has 0 aromatic carbocycles. The van der Waals surface area contributed by atoms with Gasteiger partial charge in [-0.25, -0.2) is 8.42 Å². The van der Waals surface area contributed by atoms with Crippen LogP contribution < -0.4 is 0 Å². The van der Waals surface area contributed by atoms with Crippen molar-refractivity contribution in [2.75, 3.05) is 17.3 Å². The Bertz CT molecular complexity index is 410. The summed E-state index contributed by atoms with van der Waals surface area (Å²) in [6.07, 6.45) is 4.62. The molecule has 2 saturated carbocycles. The number of thioether (sulfide) groups is 1. The molecule has 0 bridgehead atoms. The molecule has 5 heteroatoms. The van der Waals surface area contributed by atoms with E-state index in [0.29, 0.717) is 23.0 Å². The van der Waals surface area contributed by atoms with Gasteiger partial charge in [0.1, 0.15) is 15.2 Å². The van der Waals surface area contributed by atoms with Crippen LogP contribution in [0.1, 0.15) is 32.6 Å². The molecule has 0 atom stereocenters. The highest BCUT2D eigenvalue weighted by atomic mass is 32.2. The molecule has 3 nitrogen and oxygen atoms in total. The lowest BCUT2D eigenvalue weighted by Crippen LogP contribution is -2.49. The van der Waals surface area contributed by atoms with Gasteiger partial charge < -0.3 is 0 Å². The van der Waals surface area contributed by atoms with Gasteiger partial charge in [0.2, 0.25) is 0 Å². The smallest absolute Gasteiger partial charge is 0.150 e. The van der Waals surface area contributed by atoms with Crippen LogP contribution in [0.5, 0.6) is 0 Å². The Kier molecular flexibility index (Phi) is 3.74. The maximum absolute atomic E-state index is 11.5. The van der Waals surface area contributed by atoms with Gasteiger partial charge in [-0.3, -0.25) is 0 Å². The zero-order chi connectivity index (χ0) is 12.5. The fourth-order valence-electron chi connectivity index (χ4n) is 3.53. The van der Waals surface area contributed by atoms with Gasteiger partial charge in [0.15, 0.2) is 0 Å². The standard InChI is InChI=1S/C12H19NO2S2/c1-2-17(14,15)8-11-5-12(6-11)3-10(4-12)7-16-9-13/h10-11H,2-8H2,1H3. The van der Waals surface area contributed by atoms with E-state index in [4.69, 9.17) is 5.26 Å². The highest BCUT2D eigenvalue weighted by molar-refractivity contribution is 8.03. The Morgan fingerprint density at radius 1 is 1.29 bits per heavy atom. The summed E-state index contributed by atoms with van der Waals surface area (Å²) in [6, 6.07) is 0. The van der Waals surface area contributed by atoms with Crippen LogP contribution in [-0.4, -0.2) is 25.7 Å². The number of nitriles is 1. The van der Waals surface area contributed by atoms with Crippen LogP contribution >= 0.6 is 11.8 Å². The largest absolute Gasteiger partial charge is 0.229 e. The van der Waals surface area contributed by atoms with Gasteiger partial charge in [0.05, 0.1) is 5.75 Å². The zero-order valence-corrected chi connectivity index (χ0v) is 11.8. The first-order valence-electron chi connectivity index (χ1n) is 6.20. The minimum Gasteiger partial charge on any atom is -0.229 e. The van der Waals surface area contributed by atoms with E-state index in [1.54, 1.807) is 6.92 Å². The van der Waals surface area contributed by atoms with Crippen LogP contribution in [0.3, 0.4) is 0 Å². The molecule has 17 heavy (non-hydrogen) atoms. The zero-order valence-electron chi connectivity index (χ0n) is 10.2. The number of hydrogen-bond donors (Lipinski definition) is 0. The van der Waals surface area contributed by atoms with E-state index >= 15 is 0 Å². The molecular weight excluding hydrogens is 254 g/mol. The van der Waals surface area contributed by atoms with Gasteiger partial charge in [-0.05, 0) is 54.7 Å². The predicted octanol–water partition coefficient (Wildman–Crippen LogP) is 2.44. The van der Waals surface area contributed by atoms with E-state index < -0.39 is 9.84 Å². The average Bonchev–Trinajstić information content (AvgIpc) is 2.18. The number of sulfone groups is 1. The highest BCUT2D eigenvalue weighted by Crippen LogP contribution is 2.61. The van der Waals surface area contributed by atoms with Gasteiger partial charge in [0.25, 0.3) is 0 Å². The summed E-state index contributed by atoms with van der Waals surface area (Å²) in [5.41, 5.74) is 0.467.